The van der Waals surface area contributed by atoms with Crippen molar-refractivity contribution in [1.82, 2.24) is 0 Å². The summed E-state index contributed by atoms with van der Waals surface area (Å²) >= 11 is 0. The molecular weight excluding hydrogens is 410 g/mol. The third kappa shape index (κ3) is 2.74. The molecule has 0 atom stereocenters. The number of benzene rings is 4. The van der Waals surface area contributed by atoms with Gasteiger partial charge in [-0.15, -0.1) is 0 Å². The molecule has 2 heterocycles. The van der Waals surface area contributed by atoms with E-state index in [2.05, 4.69) is 38.2 Å². The summed E-state index contributed by atoms with van der Waals surface area (Å²) in [7, 11) is 0. The molecule has 4 aromatic rings. The van der Waals surface area contributed by atoms with Crippen LogP contribution in [0.4, 0.5) is 11.4 Å². The Hall–Kier alpha value is -4.05. The van der Waals surface area contributed by atoms with Crippen molar-refractivity contribution >= 4 is 17.3 Å². The number of para-hydroxylation sites is 2. The molecule has 0 amide bonds. The van der Waals surface area contributed by atoms with Gasteiger partial charge in [-0.1, -0.05) is 66.2 Å². The lowest BCUT2D eigenvalue weighted by atomic mass is 9.77. The molecular formula is C29H23NO3. The molecule has 4 aromatic carbocycles. The van der Waals surface area contributed by atoms with Crippen LogP contribution >= 0.6 is 0 Å². The Labute approximate surface area is 192 Å². The molecule has 33 heavy (non-hydrogen) atoms. The molecule has 0 aromatic heterocycles. The third-order valence-corrected chi connectivity index (χ3v) is 6.58. The minimum Gasteiger partial charge on any atom is -0.456 e. The van der Waals surface area contributed by atoms with E-state index in [-0.39, 0.29) is 5.97 Å². The Kier molecular flexibility index (Phi) is 4.15. The number of hydrogen-bond donors (Lipinski definition) is 1. The highest BCUT2D eigenvalue weighted by molar-refractivity contribution is 6.03. The van der Waals surface area contributed by atoms with Crippen molar-refractivity contribution in [3.8, 4) is 11.5 Å². The minimum atomic E-state index is -1.05. The number of rotatable bonds is 2. The highest BCUT2D eigenvalue weighted by atomic mass is 16.6. The predicted octanol–water partition coefficient (Wildman–Crippen LogP) is 6.92. The van der Waals surface area contributed by atoms with Gasteiger partial charge in [0.15, 0.2) is 5.60 Å². The van der Waals surface area contributed by atoms with Gasteiger partial charge < -0.3 is 14.8 Å². The summed E-state index contributed by atoms with van der Waals surface area (Å²) < 4.78 is 12.5. The van der Waals surface area contributed by atoms with E-state index < -0.39 is 5.60 Å². The summed E-state index contributed by atoms with van der Waals surface area (Å²) in [6.07, 6.45) is 0. The largest absolute Gasteiger partial charge is 0.456 e. The molecule has 2 aliphatic heterocycles. The fraction of sp³-hybridized carbons (Fsp3) is 0.138. The normalized spacial score (nSPS) is 14.7. The van der Waals surface area contributed by atoms with Crippen LogP contribution in [0.5, 0.6) is 11.5 Å². The molecule has 0 saturated carbocycles. The monoisotopic (exact) mass is 433 g/mol. The van der Waals surface area contributed by atoms with Crippen molar-refractivity contribution in [2.45, 2.75) is 26.4 Å². The van der Waals surface area contributed by atoms with Crippen LogP contribution in [0, 0.1) is 20.8 Å². The molecule has 0 fully saturated rings. The zero-order chi connectivity index (χ0) is 22.7. The number of anilines is 2. The standard InChI is InChI=1S/C29H23NO3/c1-17-15-18(2)27(19(3)16-17)30-23-12-8-11-22-26(23)28(31)33-29(22)20-9-4-6-13-24(20)32-25-14-7-5-10-21(25)29/h4-16,30H,1-3H3. The highest BCUT2D eigenvalue weighted by Crippen LogP contribution is 2.56. The lowest BCUT2D eigenvalue weighted by Gasteiger charge is -2.36. The number of carbonyl (C=O) groups is 1. The maximum absolute atomic E-state index is 13.5. The molecule has 0 aliphatic carbocycles. The van der Waals surface area contributed by atoms with Gasteiger partial charge in [-0.25, -0.2) is 4.79 Å². The smallest absolute Gasteiger partial charge is 0.342 e. The Morgan fingerprint density at radius 2 is 1.30 bits per heavy atom. The van der Waals surface area contributed by atoms with Gasteiger partial charge >= 0.3 is 5.97 Å². The van der Waals surface area contributed by atoms with Crippen LogP contribution < -0.4 is 10.1 Å². The third-order valence-electron chi connectivity index (χ3n) is 6.58. The fourth-order valence-electron chi connectivity index (χ4n) is 5.28. The number of hydrogen-bond acceptors (Lipinski definition) is 4. The first-order valence-corrected chi connectivity index (χ1v) is 11.1. The van der Waals surface area contributed by atoms with E-state index in [1.165, 1.54) is 5.56 Å². The number of esters is 1. The lowest BCUT2D eigenvalue weighted by Crippen LogP contribution is -2.32. The van der Waals surface area contributed by atoms with Gasteiger partial charge in [0, 0.05) is 22.4 Å². The SMILES string of the molecule is Cc1cc(C)c(Nc2cccc3c2C(=O)OC32c3ccccc3Oc3ccccc32)c(C)c1. The quantitative estimate of drug-likeness (QED) is 0.349. The highest BCUT2D eigenvalue weighted by Gasteiger charge is 2.54. The second-order valence-corrected chi connectivity index (χ2v) is 8.79. The Morgan fingerprint density at radius 3 is 1.94 bits per heavy atom. The lowest BCUT2D eigenvalue weighted by molar-refractivity contribution is 0.0225. The first kappa shape index (κ1) is 19.6. The van der Waals surface area contributed by atoms with Gasteiger partial charge in [0.1, 0.15) is 11.5 Å². The number of aryl methyl sites for hydroxylation is 3. The number of ether oxygens (including phenoxy) is 2. The summed E-state index contributed by atoms with van der Waals surface area (Å²) in [5.74, 6) is 1.04. The second kappa shape index (κ2) is 6.97. The molecule has 1 N–H and O–H groups in total. The van der Waals surface area contributed by atoms with Crippen molar-refractivity contribution < 1.29 is 14.3 Å². The summed E-state index contributed by atoms with van der Waals surface area (Å²) in [6.45, 7) is 6.25. The van der Waals surface area contributed by atoms with Gasteiger partial charge in [0.05, 0.1) is 11.3 Å². The van der Waals surface area contributed by atoms with E-state index in [1.807, 2.05) is 66.7 Å². The van der Waals surface area contributed by atoms with Gasteiger partial charge in [-0.3, -0.25) is 0 Å². The van der Waals surface area contributed by atoms with E-state index in [4.69, 9.17) is 9.47 Å². The maximum Gasteiger partial charge on any atom is 0.342 e. The number of carbonyl (C=O) groups excluding carboxylic acids is 1. The van der Waals surface area contributed by atoms with E-state index in [0.29, 0.717) is 17.1 Å². The zero-order valence-electron chi connectivity index (χ0n) is 18.7. The van der Waals surface area contributed by atoms with E-state index in [9.17, 15) is 4.79 Å². The first-order valence-electron chi connectivity index (χ1n) is 11.1. The number of fused-ring (bicyclic) bond motifs is 6. The molecule has 0 radical (unpaired) electrons. The molecule has 4 nitrogen and oxygen atoms in total. The van der Waals surface area contributed by atoms with Gasteiger partial charge in [0.2, 0.25) is 0 Å². The van der Waals surface area contributed by atoms with E-state index >= 15 is 0 Å². The molecule has 2 aliphatic rings. The first-order chi connectivity index (χ1) is 16.0. The van der Waals surface area contributed by atoms with E-state index in [1.54, 1.807) is 0 Å². The average Bonchev–Trinajstić information content (AvgIpc) is 3.10. The van der Waals surface area contributed by atoms with Crippen LogP contribution in [0.2, 0.25) is 0 Å². The summed E-state index contributed by atoms with van der Waals surface area (Å²) in [4.78, 5) is 13.5. The van der Waals surface area contributed by atoms with Crippen molar-refractivity contribution in [3.63, 3.8) is 0 Å². The summed E-state index contributed by atoms with van der Waals surface area (Å²) in [5.41, 5.74) is 7.22. The van der Waals surface area contributed by atoms with Crippen LogP contribution in [0.15, 0.2) is 78.9 Å². The van der Waals surface area contributed by atoms with Gasteiger partial charge in [-0.2, -0.15) is 0 Å². The van der Waals surface area contributed by atoms with Crippen molar-refractivity contribution in [2.75, 3.05) is 5.32 Å². The maximum atomic E-state index is 13.5. The topological polar surface area (TPSA) is 47.6 Å². The van der Waals surface area contributed by atoms with Crippen LogP contribution in [-0.2, 0) is 10.3 Å². The molecule has 0 unspecified atom stereocenters. The summed E-state index contributed by atoms with van der Waals surface area (Å²) in [6, 6.07) is 25.7. The molecule has 1 spiro atoms. The Bertz CT molecular complexity index is 1380. The van der Waals surface area contributed by atoms with E-state index in [0.717, 1.165) is 39.2 Å². The van der Waals surface area contributed by atoms with Crippen LogP contribution in [0.25, 0.3) is 0 Å². The van der Waals surface area contributed by atoms with Crippen LogP contribution in [0.1, 0.15) is 43.7 Å². The number of nitrogens with one attached hydrogen (secondary N) is 1. The van der Waals surface area contributed by atoms with Gasteiger partial charge in [-0.05, 0) is 50.1 Å². The second-order valence-electron chi connectivity index (χ2n) is 8.79. The fourth-order valence-corrected chi connectivity index (χ4v) is 5.28. The van der Waals surface area contributed by atoms with Crippen molar-refractivity contribution in [3.05, 3.63) is 118 Å². The molecule has 6 rings (SSSR count). The molecule has 4 heteroatoms. The average molecular weight is 434 g/mol. The predicted molar refractivity (Wildman–Crippen MR) is 129 cm³/mol. The van der Waals surface area contributed by atoms with Crippen LogP contribution in [0.3, 0.4) is 0 Å². The van der Waals surface area contributed by atoms with Crippen molar-refractivity contribution in [2.24, 2.45) is 0 Å². The molecule has 162 valence electrons. The minimum absolute atomic E-state index is 0.345. The zero-order valence-corrected chi connectivity index (χ0v) is 18.7. The Balaban J connectivity index is 1.59. The Morgan fingerprint density at radius 1 is 0.727 bits per heavy atom. The summed E-state index contributed by atoms with van der Waals surface area (Å²) in [5, 5.41) is 3.54. The molecule has 0 saturated heterocycles. The van der Waals surface area contributed by atoms with Crippen molar-refractivity contribution in [1.29, 1.82) is 0 Å². The molecule has 0 bridgehead atoms. The van der Waals surface area contributed by atoms with Gasteiger partial charge in [0.25, 0.3) is 0 Å². The van der Waals surface area contributed by atoms with Crippen LogP contribution in [-0.4, -0.2) is 5.97 Å².